The monoisotopic (exact) mass is 290 g/mol. The van der Waals surface area contributed by atoms with Gasteiger partial charge >= 0.3 is 0 Å². The summed E-state index contributed by atoms with van der Waals surface area (Å²) in [6, 6.07) is 3.92. The summed E-state index contributed by atoms with van der Waals surface area (Å²) in [5.74, 6) is 1.58. The largest absolute Gasteiger partial charge is 0.361 e. The standard InChI is InChI=1S/C14H15ClN4O/c1-8-4-12-14(16-6-8)19(13(17-12)10(3)15)7-11-5-9(2)20-18-11/h4-6,10H,7H2,1-3H3. The average molecular weight is 291 g/mol. The summed E-state index contributed by atoms with van der Waals surface area (Å²) in [7, 11) is 0. The van der Waals surface area contributed by atoms with E-state index in [1.165, 1.54) is 0 Å². The molecule has 0 amide bonds. The lowest BCUT2D eigenvalue weighted by Crippen LogP contribution is -2.06. The second kappa shape index (κ2) is 4.90. The molecule has 3 heterocycles. The number of aromatic nitrogens is 4. The van der Waals surface area contributed by atoms with Crippen LogP contribution < -0.4 is 0 Å². The highest BCUT2D eigenvalue weighted by Gasteiger charge is 2.17. The molecule has 1 unspecified atom stereocenters. The lowest BCUT2D eigenvalue weighted by Gasteiger charge is -2.07. The Labute approximate surface area is 121 Å². The van der Waals surface area contributed by atoms with Crippen molar-refractivity contribution < 1.29 is 4.52 Å². The molecule has 0 radical (unpaired) electrons. The summed E-state index contributed by atoms with van der Waals surface area (Å²) in [4.78, 5) is 9.06. The van der Waals surface area contributed by atoms with Crippen LogP contribution in [0.15, 0.2) is 22.9 Å². The Morgan fingerprint density at radius 2 is 2.15 bits per heavy atom. The van der Waals surface area contributed by atoms with Crippen LogP contribution in [0.25, 0.3) is 11.2 Å². The van der Waals surface area contributed by atoms with Gasteiger partial charge in [-0.1, -0.05) is 5.16 Å². The normalized spacial score (nSPS) is 13.0. The highest BCUT2D eigenvalue weighted by molar-refractivity contribution is 6.20. The third-order valence-electron chi connectivity index (χ3n) is 3.10. The molecule has 0 spiro atoms. The van der Waals surface area contributed by atoms with E-state index in [1.807, 2.05) is 43.7 Å². The SMILES string of the molecule is Cc1cnc2c(c1)nc(C(C)Cl)n2Cc1cc(C)on1. The molecule has 0 bridgehead atoms. The molecule has 0 aliphatic rings. The van der Waals surface area contributed by atoms with Crippen molar-refractivity contribution in [3.8, 4) is 0 Å². The average Bonchev–Trinajstić information content (AvgIpc) is 2.94. The zero-order valence-corrected chi connectivity index (χ0v) is 12.3. The zero-order chi connectivity index (χ0) is 14.3. The van der Waals surface area contributed by atoms with Gasteiger partial charge < -0.3 is 9.09 Å². The number of rotatable bonds is 3. The van der Waals surface area contributed by atoms with E-state index in [1.54, 1.807) is 0 Å². The predicted octanol–water partition coefficient (Wildman–Crippen LogP) is 3.38. The van der Waals surface area contributed by atoms with Gasteiger partial charge in [0.1, 0.15) is 22.8 Å². The van der Waals surface area contributed by atoms with Gasteiger partial charge in [0.15, 0.2) is 5.65 Å². The first kappa shape index (κ1) is 13.1. The number of halogens is 1. The van der Waals surface area contributed by atoms with Crippen LogP contribution in [0.4, 0.5) is 0 Å². The third-order valence-corrected chi connectivity index (χ3v) is 3.30. The number of imidazole rings is 1. The summed E-state index contributed by atoms with van der Waals surface area (Å²) < 4.78 is 7.10. The molecular formula is C14H15ClN4O. The summed E-state index contributed by atoms with van der Waals surface area (Å²) in [5.41, 5.74) is 3.59. The highest BCUT2D eigenvalue weighted by atomic mass is 35.5. The molecule has 104 valence electrons. The molecule has 5 nitrogen and oxygen atoms in total. The molecule has 0 saturated heterocycles. The number of pyridine rings is 1. The summed E-state index contributed by atoms with van der Waals surface area (Å²) in [6.07, 6.45) is 1.83. The highest BCUT2D eigenvalue weighted by Crippen LogP contribution is 2.24. The minimum absolute atomic E-state index is 0.197. The Balaban J connectivity index is 2.13. The number of nitrogens with zero attached hydrogens (tertiary/aromatic N) is 4. The molecule has 0 fully saturated rings. The van der Waals surface area contributed by atoms with Gasteiger partial charge in [-0.15, -0.1) is 11.6 Å². The molecule has 3 aromatic heterocycles. The van der Waals surface area contributed by atoms with E-state index < -0.39 is 0 Å². The van der Waals surface area contributed by atoms with Crippen LogP contribution in [0, 0.1) is 13.8 Å². The summed E-state index contributed by atoms with van der Waals surface area (Å²) in [6.45, 7) is 6.32. The maximum Gasteiger partial charge on any atom is 0.160 e. The van der Waals surface area contributed by atoms with E-state index in [9.17, 15) is 0 Å². The van der Waals surface area contributed by atoms with E-state index in [0.717, 1.165) is 34.0 Å². The zero-order valence-electron chi connectivity index (χ0n) is 11.6. The van der Waals surface area contributed by atoms with Gasteiger partial charge in [0.05, 0.1) is 11.9 Å². The Morgan fingerprint density at radius 3 is 2.80 bits per heavy atom. The van der Waals surface area contributed by atoms with Gasteiger partial charge in [-0.05, 0) is 32.4 Å². The number of aryl methyl sites for hydroxylation is 2. The third kappa shape index (κ3) is 2.29. The first-order chi connectivity index (χ1) is 9.54. The Kier molecular flexibility index (Phi) is 3.22. The van der Waals surface area contributed by atoms with Crippen LogP contribution >= 0.6 is 11.6 Å². The molecule has 3 rings (SSSR count). The molecule has 6 heteroatoms. The topological polar surface area (TPSA) is 56.7 Å². The van der Waals surface area contributed by atoms with Crippen molar-refractivity contribution in [3.63, 3.8) is 0 Å². The summed E-state index contributed by atoms with van der Waals surface area (Å²) >= 11 is 6.24. The van der Waals surface area contributed by atoms with E-state index in [0.29, 0.717) is 6.54 Å². The fourth-order valence-electron chi connectivity index (χ4n) is 2.24. The fraction of sp³-hybridized carbons (Fsp3) is 0.357. The lowest BCUT2D eigenvalue weighted by atomic mass is 10.3. The van der Waals surface area contributed by atoms with Crippen LogP contribution in [-0.2, 0) is 6.54 Å². The number of hydrogen-bond acceptors (Lipinski definition) is 4. The molecule has 0 saturated carbocycles. The first-order valence-corrected chi connectivity index (χ1v) is 6.87. The van der Waals surface area contributed by atoms with E-state index in [2.05, 4.69) is 15.1 Å². The van der Waals surface area contributed by atoms with Crippen molar-refractivity contribution >= 4 is 22.8 Å². The second-order valence-electron chi connectivity index (χ2n) is 4.96. The minimum Gasteiger partial charge on any atom is -0.361 e. The molecule has 0 N–H and O–H groups in total. The smallest absolute Gasteiger partial charge is 0.160 e. The molecule has 3 aromatic rings. The number of alkyl halides is 1. The van der Waals surface area contributed by atoms with Gasteiger partial charge in [-0.2, -0.15) is 0 Å². The van der Waals surface area contributed by atoms with E-state index in [-0.39, 0.29) is 5.38 Å². The van der Waals surface area contributed by atoms with Crippen LogP contribution in [0.1, 0.15) is 35.1 Å². The van der Waals surface area contributed by atoms with Gasteiger partial charge in [0.25, 0.3) is 0 Å². The van der Waals surface area contributed by atoms with Crippen molar-refractivity contribution in [1.29, 1.82) is 0 Å². The van der Waals surface area contributed by atoms with Crippen molar-refractivity contribution in [2.45, 2.75) is 32.7 Å². The fourth-order valence-corrected chi connectivity index (χ4v) is 2.41. The quantitative estimate of drug-likeness (QED) is 0.694. The van der Waals surface area contributed by atoms with E-state index in [4.69, 9.17) is 16.1 Å². The molecule has 0 aliphatic carbocycles. The Morgan fingerprint density at radius 1 is 1.35 bits per heavy atom. The summed E-state index contributed by atoms with van der Waals surface area (Å²) in [5, 5.41) is 3.82. The van der Waals surface area contributed by atoms with Crippen LogP contribution in [0.2, 0.25) is 0 Å². The van der Waals surface area contributed by atoms with Gasteiger partial charge in [0, 0.05) is 12.3 Å². The second-order valence-corrected chi connectivity index (χ2v) is 5.61. The number of hydrogen-bond donors (Lipinski definition) is 0. The minimum atomic E-state index is -0.197. The number of fused-ring (bicyclic) bond motifs is 1. The Hall–Kier alpha value is -1.88. The van der Waals surface area contributed by atoms with Gasteiger partial charge in [-0.25, -0.2) is 9.97 Å². The lowest BCUT2D eigenvalue weighted by molar-refractivity contribution is 0.389. The predicted molar refractivity (Wildman–Crippen MR) is 76.9 cm³/mol. The molecule has 0 aliphatic heterocycles. The molecular weight excluding hydrogens is 276 g/mol. The van der Waals surface area contributed by atoms with Crippen molar-refractivity contribution in [1.82, 2.24) is 19.7 Å². The van der Waals surface area contributed by atoms with E-state index >= 15 is 0 Å². The van der Waals surface area contributed by atoms with Crippen LogP contribution in [0.3, 0.4) is 0 Å². The first-order valence-electron chi connectivity index (χ1n) is 6.43. The molecule has 0 aromatic carbocycles. The molecule has 20 heavy (non-hydrogen) atoms. The van der Waals surface area contributed by atoms with Crippen LogP contribution in [-0.4, -0.2) is 19.7 Å². The maximum absolute atomic E-state index is 6.24. The van der Waals surface area contributed by atoms with Gasteiger partial charge in [-0.3, -0.25) is 0 Å². The van der Waals surface area contributed by atoms with Gasteiger partial charge in [0.2, 0.25) is 0 Å². The van der Waals surface area contributed by atoms with Crippen LogP contribution in [0.5, 0.6) is 0 Å². The van der Waals surface area contributed by atoms with Crippen molar-refractivity contribution in [2.24, 2.45) is 0 Å². The maximum atomic E-state index is 6.24. The van der Waals surface area contributed by atoms with Crippen molar-refractivity contribution in [3.05, 3.63) is 41.2 Å². The van der Waals surface area contributed by atoms with Crippen molar-refractivity contribution in [2.75, 3.05) is 0 Å². The molecule has 1 atom stereocenters. The Bertz CT molecular complexity index is 760.